The predicted octanol–water partition coefficient (Wildman–Crippen LogP) is 4.78. The molecule has 0 amide bonds. The molecule has 3 nitrogen and oxygen atoms in total. The zero-order chi connectivity index (χ0) is 18.2. The molecule has 5 heterocycles. The zero-order valence-electron chi connectivity index (χ0n) is 16.6. The highest BCUT2D eigenvalue weighted by atomic mass is 16.5. The molecule has 28 heavy (non-hydrogen) atoms. The monoisotopic (exact) mass is 372 g/mol. The Morgan fingerprint density at radius 2 is 1.04 bits per heavy atom. The van der Waals surface area contributed by atoms with Crippen LogP contribution in [-0.2, 0) is 32.1 Å². The van der Waals surface area contributed by atoms with Gasteiger partial charge in [-0.05, 0) is 74.6 Å². The summed E-state index contributed by atoms with van der Waals surface area (Å²) in [6.45, 7) is 4.90. The van der Waals surface area contributed by atoms with Gasteiger partial charge in [0.05, 0.1) is 0 Å². The first-order valence-corrected chi connectivity index (χ1v) is 11.4. The van der Waals surface area contributed by atoms with Crippen LogP contribution in [0.5, 0.6) is 11.5 Å². The van der Waals surface area contributed by atoms with Crippen molar-refractivity contribution in [3.8, 4) is 11.5 Å². The van der Waals surface area contributed by atoms with Crippen LogP contribution in [0, 0.1) is 0 Å². The topological polar surface area (TPSA) is 15.7 Å². The van der Waals surface area contributed by atoms with Crippen molar-refractivity contribution in [3.63, 3.8) is 0 Å². The van der Waals surface area contributed by atoms with E-state index in [9.17, 15) is 0 Å². The summed E-state index contributed by atoms with van der Waals surface area (Å²) in [6, 6.07) is 4.98. The fourth-order valence-corrected chi connectivity index (χ4v) is 6.62. The summed E-state index contributed by atoms with van der Waals surface area (Å²) in [5.41, 5.74) is 12.2. The molecule has 0 saturated carbocycles. The molecule has 0 radical (unpaired) electrons. The lowest BCUT2D eigenvalue weighted by Gasteiger charge is -2.41. The molecule has 0 saturated heterocycles. The van der Waals surface area contributed by atoms with Crippen molar-refractivity contribution in [2.45, 2.75) is 57.8 Å². The van der Waals surface area contributed by atoms with E-state index in [-0.39, 0.29) is 0 Å². The van der Waals surface area contributed by atoms with Crippen molar-refractivity contribution >= 4 is 11.4 Å². The molecule has 3 heteroatoms. The fraction of sp³-hybridized carbons (Fsp3) is 0.520. The highest BCUT2D eigenvalue weighted by Crippen LogP contribution is 2.51. The number of nitrogens with zero attached hydrogens (tertiary/aromatic N) is 2. The summed E-state index contributed by atoms with van der Waals surface area (Å²) in [5.74, 6) is 2.45. The van der Waals surface area contributed by atoms with Crippen molar-refractivity contribution < 1.29 is 4.74 Å². The van der Waals surface area contributed by atoms with Crippen molar-refractivity contribution in [1.29, 1.82) is 0 Å². The van der Waals surface area contributed by atoms with E-state index in [0.717, 1.165) is 6.42 Å². The molecule has 5 aliphatic heterocycles. The summed E-state index contributed by atoms with van der Waals surface area (Å²) in [4.78, 5) is 5.27. The third-order valence-electron chi connectivity index (χ3n) is 7.68. The maximum atomic E-state index is 6.86. The molecule has 7 rings (SSSR count). The van der Waals surface area contributed by atoms with Crippen LogP contribution in [-0.4, -0.2) is 26.2 Å². The Balaban J connectivity index is 1.42. The highest BCUT2D eigenvalue weighted by molar-refractivity contribution is 5.75. The third-order valence-corrected chi connectivity index (χ3v) is 7.68. The molecule has 0 N–H and O–H groups in total. The Kier molecular flexibility index (Phi) is 3.19. The van der Waals surface area contributed by atoms with Gasteiger partial charge in [-0.3, -0.25) is 0 Å². The highest BCUT2D eigenvalue weighted by Gasteiger charge is 2.34. The van der Waals surface area contributed by atoms with E-state index in [1.807, 2.05) is 0 Å². The van der Waals surface area contributed by atoms with Gasteiger partial charge in [-0.2, -0.15) is 0 Å². The van der Waals surface area contributed by atoms with Gasteiger partial charge in [0.25, 0.3) is 0 Å². The molecule has 2 aromatic carbocycles. The molecule has 144 valence electrons. The van der Waals surface area contributed by atoms with Crippen molar-refractivity contribution in [2.24, 2.45) is 0 Å². The molecule has 0 spiro atoms. The summed E-state index contributed by atoms with van der Waals surface area (Å²) < 4.78 is 6.86. The van der Waals surface area contributed by atoms with E-state index in [1.54, 1.807) is 11.1 Å². The summed E-state index contributed by atoms with van der Waals surface area (Å²) >= 11 is 0. The molecular weight excluding hydrogens is 344 g/mol. The minimum absolute atomic E-state index is 1.06. The average molecular weight is 373 g/mol. The van der Waals surface area contributed by atoms with Gasteiger partial charge >= 0.3 is 0 Å². The third kappa shape index (κ3) is 2.05. The van der Waals surface area contributed by atoms with Gasteiger partial charge in [-0.25, -0.2) is 0 Å². The van der Waals surface area contributed by atoms with Crippen molar-refractivity contribution in [2.75, 3.05) is 36.0 Å². The van der Waals surface area contributed by atoms with E-state index >= 15 is 0 Å². The van der Waals surface area contributed by atoms with Gasteiger partial charge in [0.1, 0.15) is 11.5 Å². The van der Waals surface area contributed by atoms with Crippen LogP contribution in [0.25, 0.3) is 0 Å². The molecule has 0 fully saturated rings. The van der Waals surface area contributed by atoms with Gasteiger partial charge < -0.3 is 14.5 Å². The van der Waals surface area contributed by atoms with Crippen LogP contribution in [0.2, 0.25) is 0 Å². The van der Waals surface area contributed by atoms with Crippen LogP contribution >= 0.6 is 0 Å². The van der Waals surface area contributed by atoms with Crippen LogP contribution in [0.1, 0.15) is 59.1 Å². The Labute approximate surface area is 167 Å². The SMILES string of the molecule is c1c2c(c3c4c1CCCN4CCC3)Oc1c(cc3c4c1CCCN4CCC3)C2. The Morgan fingerprint density at radius 1 is 0.571 bits per heavy atom. The van der Waals surface area contributed by atoms with Crippen LogP contribution in [0.4, 0.5) is 11.4 Å². The lowest BCUT2D eigenvalue weighted by Crippen LogP contribution is -2.36. The average Bonchev–Trinajstić information content (AvgIpc) is 2.74. The number of fused-ring (bicyclic) bond motifs is 4. The normalized spacial score (nSPS) is 21.3. The minimum Gasteiger partial charge on any atom is -0.456 e. The van der Waals surface area contributed by atoms with E-state index in [4.69, 9.17) is 4.74 Å². The first-order chi connectivity index (χ1) is 13.9. The van der Waals surface area contributed by atoms with Gasteiger partial charge in [-0.15, -0.1) is 0 Å². The van der Waals surface area contributed by atoms with Gasteiger partial charge in [0.2, 0.25) is 0 Å². The zero-order valence-corrected chi connectivity index (χ0v) is 16.6. The number of anilines is 2. The predicted molar refractivity (Wildman–Crippen MR) is 113 cm³/mol. The molecule has 5 aliphatic rings. The molecule has 0 unspecified atom stereocenters. The van der Waals surface area contributed by atoms with Crippen LogP contribution in [0.3, 0.4) is 0 Å². The quantitative estimate of drug-likeness (QED) is 0.565. The Bertz CT molecular complexity index is 925. The van der Waals surface area contributed by atoms with E-state index in [2.05, 4.69) is 21.9 Å². The number of ether oxygens (including phenoxy) is 1. The van der Waals surface area contributed by atoms with E-state index < -0.39 is 0 Å². The number of hydrogen-bond donors (Lipinski definition) is 0. The smallest absolute Gasteiger partial charge is 0.136 e. The second kappa shape index (κ2) is 5.68. The summed E-state index contributed by atoms with van der Waals surface area (Å²) in [6.07, 6.45) is 11.0. The molecule has 0 aromatic heterocycles. The second-order valence-corrected chi connectivity index (χ2v) is 9.37. The summed E-state index contributed by atoms with van der Waals surface area (Å²) in [5, 5.41) is 0. The fourth-order valence-electron chi connectivity index (χ4n) is 6.62. The molecular formula is C25H28N2O. The van der Waals surface area contributed by atoms with Crippen molar-refractivity contribution in [1.82, 2.24) is 0 Å². The number of hydrogen-bond acceptors (Lipinski definition) is 3. The number of benzene rings is 2. The maximum Gasteiger partial charge on any atom is 0.136 e. The Morgan fingerprint density at radius 3 is 1.54 bits per heavy atom. The number of aryl methyl sites for hydroxylation is 2. The van der Waals surface area contributed by atoms with Crippen LogP contribution < -0.4 is 14.5 Å². The van der Waals surface area contributed by atoms with Gasteiger partial charge in [0, 0.05) is 66.2 Å². The largest absolute Gasteiger partial charge is 0.456 e. The van der Waals surface area contributed by atoms with Gasteiger partial charge in [-0.1, -0.05) is 0 Å². The first-order valence-electron chi connectivity index (χ1n) is 11.4. The Hall–Kier alpha value is -2.16. The minimum atomic E-state index is 1.06. The molecule has 2 aromatic rings. The lowest BCUT2D eigenvalue weighted by atomic mass is 9.83. The standard InChI is InChI=1S/C25H28N2O/c1-5-16-13-18-15-19-14-17-6-2-10-27-12-4-8-21(23(17)27)25(19)28-24(18)20-7-3-11-26(9-1)22(16)20/h13-14H,1-12,15H2. The van der Waals surface area contributed by atoms with Crippen LogP contribution in [0.15, 0.2) is 12.1 Å². The number of rotatable bonds is 0. The van der Waals surface area contributed by atoms with E-state index in [0.29, 0.717) is 0 Å². The molecule has 0 aliphatic carbocycles. The van der Waals surface area contributed by atoms with Gasteiger partial charge in [0.15, 0.2) is 0 Å². The molecule has 0 atom stereocenters. The van der Waals surface area contributed by atoms with E-state index in [1.165, 1.54) is 123 Å². The molecule has 0 bridgehead atoms. The second-order valence-electron chi connectivity index (χ2n) is 9.37. The lowest BCUT2D eigenvalue weighted by molar-refractivity contribution is 0.439. The maximum absolute atomic E-state index is 6.86. The summed E-state index contributed by atoms with van der Waals surface area (Å²) in [7, 11) is 0. The van der Waals surface area contributed by atoms with Crippen molar-refractivity contribution in [3.05, 3.63) is 45.5 Å². The first kappa shape index (κ1) is 15.7.